The van der Waals surface area contributed by atoms with Crippen LogP contribution in [-0.4, -0.2) is 65.0 Å². The number of carbonyl (C=O) groups is 1. The molecule has 3 heterocycles. The number of anilines is 1. The Morgan fingerprint density at radius 1 is 1.08 bits per heavy atom. The molecule has 1 fully saturated rings. The predicted octanol–water partition coefficient (Wildman–Crippen LogP) is 4.45. The van der Waals surface area contributed by atoms with Gasteiger partial charge < -0.3 is 15.4 Å². The number of fused-ring (bicyclic) bond motifs is 1. The fraction of sp³-hybridized carbons (Fsp3) is 0.321. The van der Waals surface area contributed by atoms with Gasteiger partial charge in [0.15, 0.2) is 5.65 Å². The normalized spacial score (nSPS) is 14.1. The molecule has 1 amide bonds. The second-order valence-corrected chi connectivity index (χ2v) is 9.56. The largest absolute Gasteiger partial charge is 0.380 e. The van der Waals surface area contributed by atoms with E-state index in [4.69, 9.17) is 21.4 Å². The number of para-hydroxylation sites is 1. The van der Waals surface area contributed by atoms with Gasteiger partial charge in [-0.2, -0.15) is 5.10 Å². The maximum atomic E-state index is 13.3. The van der Waals surface area contributed by atoms with Crippen LogP contribution in [0.15, 0.2) is 60.8 Å². The lowest BCUT2D eigenvalue weighted by molar-refractivity contribution is 0.0374. The number of aromatic nitrogens is 3. The van der Waals surface area contributed by atoms with E-state index in [-0.39, 0.29) is 5.91 Å². The Morgan fingerprint density at radius 2 is 1.84 bits per heavy atom. The summed E-state index contributed by atoms with van der Waals surface area (Å²) in [4.78, 5) is 20.4. The molecule has 1 aliphatic heterocycles. The van der Waals surface area contributed by atoms with Crippen molar-refractivity contribution in [1.82, 2.24) is 25.0 Å². The van der Waals surface area contributed by atoms with Crippen molar-refractivity contribution < 1.29 is 9.53 Å². The third-order valence-corrected chi connectivity index (χ3v) is 6.79. The maximum Gasteiger partial charge on any atom is 0.254 e. The highest BCUT2D eigenvalue weighted by atomic mass is 35.5. The average Bonchev–Trinajstić information content (AvgIpc) is 3.28. The van der Waals surface area contributed by atoms with E-state index < -0.39 is 0 Å². The smallest absolute Gasteiger partial charge is 0.254 e. The van der Waals surface area contributed by atoms with Crippen LogP contribution in [0.4, 0.5) is 5.69 Å². The third kappa shape index (κ3) is 5.93. The molecule has 8 nitrogen and oxygen atoms in total. The van der Waals surface area contributed by atoms with Crippen LogP contribution in [0.25, 0.3) is 16.7 Å². The summed E-state index contributed by atoms with van der Waals surface area (Å²) in [6, 6.07) is 17.6. The molecule has 5 rings (SSSR count). The highest BCUT2D eigenvalue weighted by Gasteiger charge is 2.21. The van der Waals surface area contributed by atoms with Crippen molar-refractivity contribution >= 4 is 34.2 Å². The number of hydrogen-bond acceptors (Lipinski definition) is 6. The van der Waals surface area contributed by atoms with Crippen LogP contribution in [-0.2, 0) is 11.3 Å². The van der Waals surface area contributed by atoms with Crippen molar-refractivity contribution in [2.24, 2.45) is 0 Å². The molecule has 192 valence electrons. The Kier molecular flexibility index (Phi) is 7.99. The first kappa shape index (κ1) is 25.2. The number of carbonyl (C=O) groups excluding carboxylic acids is 1. The van der Waals surface area contributed by atoms with Gasteiger partial charge in [0.05, 0.1) is 41.2 Å². The summed E-state index contributed by atoms with van der Waals surface area (Å²) in [6.07, 6.45) is 2.52. The molecule has 0 spiro atoms. The maximum absolute atomic E-state index is 13.3. The summed E-state index contributed by atoms with van der Waals surface area (Å²) in [5, 5.41) is 12.9. The fourth-order valence-corrected chi connectivity index (χ4v) is 4.70. The van der Waals surface area contributed by atoms with Crippen LogP contribution in [0.2, 0.25) is 5.02 Å². The van der Waals surface area contributed by atoms with Crippen molar-refractivity contribution in [2.45, 2.75) is 19.9 Å². The van der Waals surface area contributed by atoms with E-state index in [9.17, 15) is 4.79 Å². The van der Waals surface area contributed by atoms with Crippen LogP contribution in [0.5, 0.6) is 0 Å². The molecule has 0 saturated carbocycles. The first-order chi connectivity index (χ1) is 18.1. The molecule has 2 N–H and O–H groups in total. The number of benzene rings is 2. The summed E-state index contributed by atoms with van der Waals surface area (Å²) in [5.41, 5.74) is 4.70. The van der Waals surface area contributed by atoms with Gasteiger partial charge in [-0.15, -0.1) is 0 Å². The number of pyridine rings is 1. The molecule has 2 aromatic heterocycles. The molecule has 1 aliphatic rings. The molecule has 0 radical (unpaired) electrons. The van der Waals surface area contributed by atoms with Gasteiger partial charge in [-0.3, -0.25) is 9.69 Å². The van der Waals surface area contributed by atoms with E-state index in [1.807, 2.05) is 66.2 Å². The molecule has 4 aromatic rings. The topological polar surface area (TPSA) is 84.3 Å². The lowest BCUT2D eigenvalue weighted by Gasteiger charge is -2.26. The van der Waals surface area contributed by atoms with Crippen LogP contribution < -0.4 is 10.6 Å². The van der Waals surface area contributed by atoms with Gasteiger partial charge >= 0.3 is 0 Å². The standard InChI is InChI=1S/C28H31ClN6O2/c1-20-25-26(31-18-21-8-10-22(29)11-9-21)24(28(36)30-12-5-13-34-14-16-37-17-15-34)19-32-27(25)35(33-20)23-6-3-2-4-7-23/h2-4,6-11,19H,5,12-18H2,1H3,(H,30,36)(H,31,32). The predicted molar refractivity (Wildman–Crippen MR) is 147 cm³/mol. The molecular formula is C28H31ClN6O2. The van der Waals surface area contributed by atoms with Gasteiger partial charge in [-0.05, 0) is 49.7 Å². The number of aryl methyl sites for hydroxylation is 1. The minimum absolute atomic E-state index is 0.151. The van der Waals surface area contributed by atoms with Crippen LogP contribution in [0, 0.1) is 6.92 Å². The summed E-state index contributed by atoms with van der Waals surface area (Å²) >= 11 is 6.06. The third-order valence-electron chi connectivity index (χ3n) is 6.54. The second-order valence-electron chi connectivity index (χ2n) is 9.12. The Morgan fingerprint density at radius 3 is 2.59 bits per heavy atom. The van der Waals surface area contributed by atoms with E-state index >= 15 is 0 Å². The highest BCUT2D eigenvalue weighted by Crippen LogP contribution is 2.31. The van der Waals surface area contributed by atoms with E-state index in [2.05, 4.69) is 20.5 Å². The Bertz CT molecular complexity index is 1350. The first-order valence-corrected chi connectivity index (χ1v) is 13.0. The second kappa shape index (κ2) is 11.7. The van der Waals surface area contributed by atoms with Gasteiger partial charge in [-0.1, -0.05) is 41.9 Å². The number of hydrogen-bond donors (Lipinski definition) is 2. The van der Waals surface area contributed by atoms with E-state index in [1.165, 1.54) is 0 Å². The molecule has 1 saturated heterocycles. The number of amides is 1. The monoisotopic (exact) mass is 518 g/mol. The molecule has 0 aliphatic carbocycles. The molecule has 37 heavy (non-hydrogen) atoms. The van der Waals surface area contributed by atoms with Gasteiger partial charge in [0.2, 0.25) is 0 Å². The first-order valence-electron chi connectivity index (χ1n) is 12.6. The van der Waals surface area contributed by atoms with Crippen molar-refractivity contribution in [2.75, 3.05) is 44.7 Å². The summed E-state index contributed by atoms with van der Waals surface area (Å²) in [5.74, 6) is -0.151. The average molecular weight is 519 g/mol. The summed E-state index contributed by atoms with van der Waals surface area (Å²) in [6.45, 7) is 7.44. The quantitative estimate of drug-likeness (QED) is 0.319. The number of rotatable bonds is 9. The zero-order valence-electron chi connectivity index (χ0n) is 20.9. The fourth-order valence-electron chi connectivity index (χ4n) is 4.57. The molecule has 0 atom stereocenters. The zero-order valence-corrected chi connectivity index (χ0v) is 21.7. The molecule has 9 heteroatoms. The summed E-state index contributed by atoms with van der Waals surface area (Å²) < 4.78 is 7.23. The van der Waals surface area contributed by atoms with Gasteiger partial charge in [-0.25, -0.2) is 9.67 Å². The molecule has 0 bridgehead atoms. The molecule has 0 unspecified atom stereocenters. The van der Waals surface area contributed by atoms with Crippen molar-refractivity contribution in [1.29, 1.82) is 0 Å². The number of ether oxygens (including phenoxy) is 1. The van der Waals surface area contributed by atoms with E-state index in [0.29, 0.717) is 29.3 Å². The lowest BCUT2D eigenvalue weighted by Crippen LogP contribution is -2.38. The van der Waals surface area contributed by atoms with Crippen LogP contribution in [0.3, 0.4) is 0 Å². The van der Waals surface area contributed by atoms with Crippen LogP contribution >= 0.6 is 11.6 Å². The van der Waals surface area contributed by atoms with Crippen molar-refractivity contribution in [3.05, 3.63) is 82.6 Å². The Balaban J connectivity index is 1.41. The van der Waals surface area contributed by atoms with Crippen molar-refractivity contribution in [3.8, 4) is 5.69 Å². The zero-order chi connectivity index (χ0) is 25.6. The Labute approximate surface area is 221 Å². The van der Waals surface area contributed by atoms with Gasteiger partial charge in [0.1, 0.15) is 0 Å². The number of nitrogens with one attached hydrogen (secondary N) is 2. The number of morpholine rings is 1. The van der Waals surface area contributed by atoms with Crippen LogP contribution in [0.1, 0.15) is 28.0 Å². The van der Waals surface area contributed by atoms with E-state index in [1.54, 1.807) is 6.20 Å². The van der Waals surface area contributed by atoms with Crippen molar-refractivity contribution in [3.63, 3.8) is 0 Å². The lowest BCUT2D eigenvalue weighted by atomic mass is 10.1. The van der Waals surface area contributed by atoms with E-state index in [0.717, 1.165) is 67.3 Å². The SMILES string of the molecule is Cc1nn(-c2ccccc2)c2ncc(C(=O)NCCCN3CCOCC3)c(NCc3ccc(Cl)cc3)c12. The van der Waals surface area contributed by atoms with Gasteiger partial charge in [0.25, 0.3) is 5.91 Å². The van der Waals surface area contributed by atoms with Gasteiger partial charge in [0, 0.05) is 37.4 Å². The number of nitrogens with zero attached hydrogens (tertiary/aromatic N) is 4. The Hall–Kier alpha value is -3.46. The molecular weight excluding hydrogens is 488 g/mol. The highest BCUT2D eigenvalue weighted by molar-refractivity contribution is 6.30. The summed E-state index contributed by atoms with van der Waals surface area (Å²) in [7, 11) is 0. The minimum Gasteiger partial charge on any atom is -0.380 e. The number of halogens is 1. The minimum atomic E-state index is -0.151. The molecule has 2 aromatic carbocycles.